The zero-order valence-electron chi connectivity index (χ0n) is 7.88. The van der Waals surface area contributed by atoms with Crippen LogP contribution < -0.4 is 0 Å². The number of rotatable bonds is 2. The molecule has 15 heavy (non-hydrogen) atoms. The molecule has 0 heterocycles. The lowest BCUT2D eigenvalue weighted by molar-refractivity contribution is 0.151. The topological polar surface area (TPSA) is 0 Å². The normalized spacial score (nSPS) is 11.2. The molecule has 0 saturated carbocycles. The van der Waals surface area contributed by atoms with Crippen molar-refractivity contribution in [2.24, 2.45) is 0 Å². The molecule has 0 aromatic heterocycles. The first kappa shape index (κ1) is 10.6. The molecule has 0 bridgehead atoms. The Morgan fingerprint density at radius 3 is 2.53 bits per heavy atom. The van der Waals surface area contributed by atoms with Crippen LogP contribution in [0.15, 0.2) is 36.4 Å². The van der Waals surface area contributed by atoms with Crippen LogP contribution in [-0.2, 0) is 5.33 Å². The van der Waals surface area contributed by atoms with Crippen molar-refractivity contribution in [1.82, 2.24) is 0 Å². The molecule has 2 rings (SSSR count). The zero-order chi connectivity index (χ0) is 10.8. The van der Waals surface area contributed by atoms with Crippen molar-refractivity contribution in [3.63, 3.8) is 0 Å². The van der Waals surface area contributed by atoms with Crippen LogP contribution in [0, 0.1) is 0 Å². The van der Waals surface area contributed by atoms with E-state index in [1.807, 2.05) is 24.3 Å². The minimum Gasteiger partial charge on any atom is -0.205 e. The summed E-state index contributed by atoms with van der Waals surface area (Å²) in [6.45, 7) is 0. The predicted molar refractivity (Wildman–Crippen MR) is 61.5 cm³/mol. The van der Waals surface area contributed by atoms with Gasteiger partial charge in [-0.3, -0.25) is 0 Å². The number of hydrogen-bond donors (Lipinski definition) is 0. The van der Waals surface area contributed by atoms with Crippen molar-refractivity contribution >= 4 is 26.7 Å². The van der Waals surface area contributed by atoms with Gasteiger partial charge in [0.05, 0.1) is 0 Å². The third kappa shape index (κ3) is 2.02. The molecule has 3 heteroatoms. The molecule has 0 saturated heterocycles. The third-order valence-electron chi connectivity index (χ3n) is 2.37. The van der Waals surface area contributed by atoms with E-state index < -0.39 is 6.43 Å². The summed E-state index contributed by atoms with van der Waals surface area (Å²) in [5.41, 5.74) is 0.992. The second-order valence-electron chi connectivity index (χ2n) is 3.34. The largest absolute Gasteiger partial charge is 0.263 e. The van der Waals surface area contributed by atoms with Gasteiger partial charge in [-0.05, 0) is 28.5 Å². The Bertz CT molecular complexity index is 480. The van der Waals surface area contributed by atoms with Crippen LogP contribution in [0.4, 0.5) is 8.78 Å². The second-order valence-corrected chi connectivity index (χ2v) is 3.90. The molecule has 0 radical (unpaired) electrons. The minimum absolute atomic E-state index is 0.0863. The SMILES string of the molecule is FC(F)c1cc(CBr)c2ccccc2c1. The van der Waals surface area contributed by atoms with Gasteiger partial charge in [0.1, 0.15) is 0 Å². The molecule has 0 N–H and O–H groups in total. The van der Waals surface area contributed by atoms with Gasteiger partial charge in [0.2, 0.25) is 0 Å². The van der Waals surface area contributed by atoms with Crippen molar-refractivity contribution in [2.75, 3.05) is 0 Å². The molecule has 0 aliphatic heterocycles. The molecule has 0 atom stereocenters. The molecule has 0 spiro atoms. The van der Waals surface area contributed by atoms with Crippen LogP contribution in [0.1, 0.15) is 17.6 Å². The molecule has 0 nitrogen and oxygen atoms in total. The Hall–Kier alpha value is -0.960. The lowest BCUT2D eigenvalue weighted by Gasteiger charge is -2.07. The quantitative estimate of drug-likeness (QED) is 0.696. The summed E-state index contributed by atoms with van der Waals surface area (Å²) in [6.07, 6.45) is -2.41. The van der Waals surface area contributed by atoms with Crippen LogP contribution in [-0.4, -0.2) is 0 Å². The maximum absolute atomic E-state index is 12.6. The molecular formula is C12H9BrF2. The third-order valence-corrected chi connectivity index (χ3v) is 2.97. The fourth-order valence-corrected chi connectivity index (χ4v) is 2.12. The summed E-state index contributed by atoms with van der Waals surface area (Å²) in [6, 6.07) is 10.7. The van der Waals surface area contributed by atoms with E-state index in [4.69, 9.17) is 0 Å². The molecule has 0 aliphatic rings. The average Bonchev–Trinajstić information content (AvgIpc) is 2.27. The maximum Gasteiger partial charge on any atom is 0.263 e. The molecule has 0 amide bonds. The van der Waals surface area contributed by atoms with E-state index in [2.05, 4.69) is 15.9 Å². The highest BCUT2D eigenvalue weighted by Crippen LogP contribution is 2.28. The van der Waals surface area contributed by atoms with E-state index in [0.717, 1.165) is 16.3 Å². The number of fused-ring (bicyclic) bond motifs is 1. The maximum atomic E-state index is 12.6. The van der Waals surface area contributed by atoms with Crippen molar-refractivity contribution in [1.29, 1.82) is 0 Å². The summed E-state index contributed by atoms with van der Waals surface area (Å²) in [4.78, 5) is 0. The number of benzene rings is 2. The monoisotopic (exact) mass is 270 g/mol. The molecule has 2 aromatic rings. The van der Waals surface area contributed by atoms with Crippen molar-refractivity contribution < 1.29 is 8.78 Å². The van der Waals surface area contributed by atoms with E-state index in [9.17, 15) is 8.78 Å². The lowest BCUT2D eigenvalue weighted by atomic mass is 10.0. The van der Waals surface area contributed by atoms with E-state index >= 15 is 0 Å². The first-order valence-electron chi connectivity index (χ1n) is 4.58. The molecule has 0 unspecified atom stereocenters. The van der Waals surface area contributed by atoms with Gasteiger partial charge in [0, 0.05) is 10.9 Å². The standard InChI is InChI=1S/C12H9BrF2/c13-7-10-6-9(12(14)15)5-8-3-1-2-4-11(8)10/h1-6,12H,7H2. The van der Waals surface area contributed by atoms with Crippen LogP contribution in [0.5, 0.6) is 0 Å². The van der Waals surface area contributed by atoms with Crippen molar-refractivity contribution in [3.05, 3.63) is 47.5 Å². The van der Waals surface area contributed by atoms with Crippen LogP contribution in [0.25, 0.3) is 10.8 Å². The van der Waals surface area contributed by atoms with E-state index in [0.29, 0.717) is 5.33 Å². The van der Waals surface area contributed by atoms with Crippen molar-refractivity contribution in [2.45, 2.75) is 11.8 Å². The van der Waals surface area contributed by atoms with Gasteiger partial charge in [-0.2, -0.15) is 0 Å². The van der Waals surface area contributed by atoms with Crippen LogP contribution >= 0.6 is 15.9 Å². The molecular weight excluding hydrogens is 262 g/mol. The Morgan fingerprint density at radius 1 is 1.13 bits per heavy atom. The average molecular weight is 271 g/mol. The van der Waals surface area contributed by atoms with Gasteiger partial charge in [-0.15, -0.1) is 0 Å². The predicted octanol–water partition coefficient (Wildman–Crippen LogP) is 4.67. The number of hydrogen-bond acceptors (Lipinski definition) is 0. The summed E-state index contributed by atoms with van der Waals surface area (Å²) >= 11 is 3.32. The Morgan fingerprint density at radius 2 is 1.87 bits per heavy atom. The zero-order valence-corrected chi connectivity index (χ0v) is 9.47. The first-order valence-corrected chi connectivity index (χ1v) is 5.70. The minimum atomic E-state index is -2.41. The van der Waals surface area contributed by atoms with Gasteiger partial charge in [-0.25, -0.2) is 8.78 Å². The summed E-state index contributed by atoms with van der Waals surface area (Å²) in [5, 5.41) is 2.48. The second kappa shape index (κ2) is 4.27. The summed E-state index contributed by atoms with van der Waals surface area (Å²) in [7, 11) is 0. The Kier molecular flexibility index (Phi) is 3.00. The van der Waals surface area contributed by atoms with Crippen LogP contribution in [0.3, 0.4) is 0 Å². The lowest BCUT2D eigenvalue weighted by Crippen LogP contribution is -1.89. The van der Waals surface area contributed by atoms with Gasteiger partial charge < -0.3 is 0 Å². The fourth-order valence-electron chi connectivity index (χ4n) is 1.65. The van der Waals surface area contributed by atoms with Crippen LogP contribution in [0.2, 0.25) is 0 Å². The molecule has 0 fully saturated rings. The van der Waals surface area contributed by atoms with Gasteiger partial charge in [0.15, 0.2) is 0 Å². The van der Waals surface area contributed by atoms with E-state index in [1.54, 1.807) is 12.1 Å². The van der Waals surface area contributed by atoms with Crippen molar-refractivity contribution in [3.8, 4) is 0 Å². The van der Waals surface area contributed by atoms with Gasteiger partial charge in [-0.1, -0.05) is 40.2 Å². The highest BCUT2D eigenvalue weighted by Gasteiger charge is 2.10. The smallest absolute Gasteiger partial charge is 0.205 e. The highest BCUT2D eigenvalue weighted by atomic mass is 79.9. The molecule has 0 aliphatic carbocycles. The van der Waals surface area contributed by atoms with E-state index in [1.165, 1.54) is 0 Å². The van der Waals surface area contributed by atoms with E-state index in [-0.39, 0.29) is 5.56 Å². The number of halogens is 3. The summed E-state index contributed by atoms with van der Waals surface area (Å²) in [5.74, 6) is 0. The highest BCUT2D eigenvalue weighted by molar-refractivity contribution is 9.08. The summed E-state index contributed by atoms with van der Waals surface area (Å²) < 4.78 is 25.2. The Balaban J connectivity index is 2.71. The Labute approximate surface area is 95.0 Å². The molecule has 78 valence electrons. The van der Waals surface area contributed by atoms with Gasteiger partial charge in [0.25, 0.3) is 6.43 Å². The fraction of sp³-hybridized carbons (Fsp3) is 0.167. The number of alkyl halides is 3. The van der Waals surface area contributed by atoms with Gasteiger partial charge >= 0.3 is 0 Å². The molecule has 2 aromatic carbocycles. The first-order chi connectivity index (χ1) is 7.22.